The molecule has 0 saturated carbocycles. The number of methoxy groups -OCH3 is 1. The van der Waals surface area contributed by atoms with Crippen LogP contribution in [0.3, 0.4) is 0 Å². The highest BCUT2D eigenvalue weighted by molar-refractivity contribution is 7.13. The standard InChI is InChI=1S/C25H27N5O2S/c1-30-9-6-20(7-10-30)32-16-18-13-23-17(12-22(18)24-26-8-11-33-24)15-27-25(29-23)28-19-4-3-5-21(14-19)31-2/h3-5,8,11-15,20H,6-7,9-10,16H2,1-2H3,(H,27,28,29). The van der Waals surface area contributed by atoms with E-state index in [2.05, 4.69) is 39.4 Å². The van der Waals surface area contributed by atoms with Gasteiger partial charge in [0.1, 0.15) is 10.8 Å². The highest BCUT2D eigenvalue weighted by atomic mass is 32.1. The van der Waals surface area contributed by atoms with Gasteiger partial charge in [-0.2, -0.15) is 0 Å². The van der Waals surface area contributed by atoms with Gasteiger partial charge in [0.25, 0.3) is 0 Å². The number of aromatic nitrogens is 3. The molecule has 0 spiro atoms. The molecular weight excluding hydrogens is 434 g/mol. The van der Waals surface area contributed by atoms with E-state index in [1.54, 1.807) is 18.4 Å². The minimum Gasteiger partial charge on any atom is -0.497 e. The van der Waals surface area contributed by atoms with Crippen LogP contribution in [-0.4, -0.2) is 53.2 Å². The molecule has 1 aliphatic rings. The first-order valence-corrected chi connectivity index (χ1v) is 12.0. The lowest BCUT2D eigenvalue weighted by Gasteiger charge is -2.29. The molecule has 0 bridgehead atoms. The molecule has 8 heteroatoms. The van der Waals surface area contributed by atoms with Crippen molar-refractivity contribution in [3.63, 3.8) is 0 Å². The Morgan fingerprint density at radius 3 is 2.82 bits per heavy atom. The molecule has 33 heavy (non-hydrogen) atoms. The van der Waals surface area contributed by atoms with E-state index < -0.39 is 0 Å². The van der Waals surface area contributed by atoms with E-state index in [1.807, 2.05) is 42.0 Å². The maximum absolute atomic E-state index is 6.33. The maximum Gasteiger partial charge on any atom is 0.227 e. The smallest absolute Gasteiger partial charge is 0.227 e. The summed E-state index contributed by atoms with van der Waals surface area (Å²) < 4.78 is 11.6. The number of thiazole rings is 1. The summed E-state index contributed by atoms with van der Waals surface area (Å²) >= 11 is 1.63. The third-order valence-electron chi connectivity index (χ3n) is 5.93. The first-order valence-electron chi connectivity index (χ1n) is 11.1. The molecule has 5 rings (SSSR count). The third kappa shape index (κ3) is 5.13. The van der Waals surface area contributed by atoms with Gasteiger partial charge < -0.3 is 19.7 Å². The average molecular weight is 462 g/mol. The van der Waals surface area contributed by atoms with Gasteiger partial charge in [-0.1, -0.05) is 6.07 Å². The number of nitrogens with one attached hydrogen (secondary N) is 1. The maximum atomic E-state index is 6.33. The number of ether oxygens (including phenoxy) is 2. The number of hydrogen-bond acceptors (Lipinski definition) is 8. The predicted molar refractivity (Wildman–Crippen MR) is 132 cm³/mol. The van der Waals surface area contributed by atoms with Crippen molar-refractivity contribution in [2.75, 3.05) is 32.6 Å². The molecule has 1 aliphatic heterocycles. The van der Waals surface area contributed by atoms with Crippen molar-refractivity contribution in [3.05, 3.63) is 59.7 Å². The van der Waals surface area contributed by atoms with Gasteiger partial charge in [0.2, 0.25) is 5.95 Å². The third-order valence-corrected chi connectivity index (χ3v) is 6.74. The van der Waals surface area contributed by atoms with Gasteiger partial charge >= 0.3 is 0 Å². The Balaban J connectivity index is 1.43. The van der Waals surface area contributed by atoms with Crippen molar-refractivity contribution >= 4 is 33.9 Å². The monoisotopic (exact) mass is 461 g/mol. The molecule has 0 amide bonds. The van der Waals surface area contributed by atoms with E-state index >= 15 is 0 Å². The summed E-state index contributed by atoms with van der Waals surface area (Å²) in [4.78, 5) is 16.2. The number of likely N-dealkylation sites (tertiary alicyclic amines) is 1. The van der Waals surface area contributed by atoms with Gasteiger partial charge in [-0.15, -0.1) is 11.3 Å². The van der Waals surface area contributed by atoms with E-state index in [0.29, 0.717) is 12.6 Å². The minimum atomic E-state index is 0.289. The summed E-state index contributed by atoms with van der Waals surface area (Å²) in [5, 5.41) is 7.23. The highest BCUT2D eigenvalue weighted by Gasteiger charge is 2.19. The van der Waals surface area contributed by atoms with Crippen molar-refractivity contribution in [2.24, 2.45) is 0 Å². The molecule has 0 atom stereocenters. The molecule has 1 N–H and O–H groups in total. The Bertz CT molecular complexity index is 1220. The Hall–Kier alpha value is -3.07. The first kappa shape index (κ1) is 21.8. The normalized spacial score (nSPS) is 15.1. The van der Waals surface area contributed by atoms with E-state index in [9.17, 15) is 0 Å². The number of fused-ring (bicyclic) bond motifs is 1. The molecule has 1 fully saturated rings. The zero-order valence-corrected chi connectivity index (χ0v) is 19.6. The van der Waals surface area contributed by atoms with Crippen LogP contribution in [0.5, 0.6) is 5.75 Å². The lowest BCUT2D eigenvalue weighted by Crippen LogP contribution is -2.34. The summed E-state index contributed by atoms with van der Waals surface area (Å²) in [5.74, 6) is 1.32. The van der Waals surface area contributed by atoms with Crippen LogP contribution in [0.15, 0.2) is 54.2 Å². The number of rotatable bonds is 7. The van der Waals surface area contributed by atoms with Gasteiger partial charge in [-0.3, -0.25) is 0 Å². The second kappa shape index (κ2) is 9.82. The van der Waals surface area contributed by atoms with Gasteiger partial charge in [0.05, 0.1) is 25.3 Å². The van der Waals surface area contributed by atoms with Gasteiger partial charge in [0, 0.05) is 53.6 Å². The summed E-state index contributed by atoms with van der Waals surface area (Å²) in [6.45, 7) is 2.70. The summed E-state index contributed by atoms with van der Waals surface area (Å²) in [6.07, 6.45) is 6.10. The van der Waals surface area contributed by atoms with Gasteiger partial charge in [-0.25, -0.2) is 15.0 Å². The summed E-state index contributed by atoms with van der Waals surface area (Å²) in [7, 11) is 3.82. The second-order valence-electron chi connectivity index (χ2n) is 8.27. The van der Waals surface area contributed by atoms with Gasteiger partial charge in [-0.05, 0) is 49.7 Å². The van der Waals surface area contributed by atoms with Crippen LogP contribution in [0.4, 0.5) is 11.6 Å². The highest BCUT2D eigenvalue weighted by Crippen LogP contribution is 2.31. The van der Waals surface area contributed by atoms with E-state index in [4.69, 9.17) is 14.5 Å². The minimum absolute atomic E-state index is 0.289. The van der Waals surface area contributed by atoms with Crippen molar-refractivity contribution in [2.45, 2.75) is 25.6 Å². The molecule has 170 valence electrons. The second-order valence-corrected chi connectivity index (χ2v) is 9.16. The van der Waals surface area contributed by atoms with E-state index in [-0.39, 0.29) is 6.10 Å². The van der Waals surface area contributed by atoms with E-state index in [0.717, 1.165) is 64.4 Å². The van der Waals surface area contributed by atoms with E-state index in [1.165, 1.54) is 0 Å². The summed E-state index contributed by atoms with van der Waals surface area (Å²) in [6, 6.07) is 11.9. The Morgan fingerprint density at radius 1 is 1.15 bits per heavy atom. The Labute approximate surface area is 197 Å². The van der Waals surface area contributed by atoms with Crippen LogP contribution in [0.2, 0.25) is 0 Å². The molecule has 1 saturated heterocycles. The molecule has 7 nitrogen and oxygen atoms in total. The predicted octanol–water partition coefficient (Wildman–Crippen LogP) is 5.12. The zero-order chi connectivity index (χ0) is 22.6. The molecule has 0 radical (unpaired) electrons. The fourth-order valence-electron chi connectivity index (χ4n) is 4.05. The zero-order valence-electron chi connectivity index (χ0n) is 18.8. The van der Waals surface area contributed by atoms with Crippen LogP contribution < -0.4 is 10.1 Å². The van der Waals surface area contributed by atoms with Crippen LogP contribution in [0.25, 0.3) is 21.5 Å². The fourth-order valence-corrected chi connectivity index (χ4v) is 4.74. The average Bonchev–Trinajstić information content (AvgIpc) is 3.38. The lowest BCUT2D eigenvalue weighted by molar-refractivity contribution is 0.00235. The van der Waals surface area contributed by atoms with Crippen LogP contribution >= 0.6 is 11.3 Å². The fraction of sp³-hybridized carbons (Fsp3) is 0.320. The van der Waals surface area contributed by atoms with Crippen LogP contribution in [-0.2, 0) is 11.3 Å². The molecule has 2 aromatic carbocycles. The Kier molecular flexibility index (Phi) is 6.48. The van der Waals surface area contributed by atoms with Gasteiger partial charge in [0.15, 0.2) is 0 Å². The largest absolute Gasteiger partial charge is 0.497 e. The topological polar surface area (TPSA) is 72.4 Å². The number of piperidine rings is 1. The quantitative estimate of drug-likeness (QED) is 0.410. The number of hydrogen-bond donors (Lipinski definition) is 1. The number of anilines is 2. The molecule has 0 unspecified atom stereocenters. The van der Waals surface area contributed by atoms with Crippen molar-refractivity contribution in [1.82, 2.24) is 19.9 Å². The van der Waals surface area contributed by atoms with Crippen molar-refractivity contribution in [1.29, 1.82) is 0 Å². The number of nitrogens with zero attached hydrogens (tertiary/aromatic N) is 4. The molecule has 3 heterocycles. The molecule has 2 aromatic heterocycles. The molecular formula is C25H27N5O2S. The van der Waals surface area contributed by atoms with Crippen LogP contribution in [0, 0.1) is 0 Å². The SMILES string of the molecule is COc1cccc(Nc2ncc3cc(-c4nccs4)c(COC4CCN(C)CC4)cc3n2)c1. The summed E-state index contributed by atoms with van der Waals surface area (Å²) in [5.41, 5.74) is 3.93. The van der Waals surface area contributed by atoms with Crippen molar-refractivity contribution < 1.29 is 9.47 Å². The lowest BCUT2D eigenvalue weighted by atomic mass is 10.0. The first-order chi connectivity index (χ1) is 16.2. The number of benzene rings is 2. The molecule has 0 aliphatic carbocycles. The van der Waals surface area contributed by atoms with Crippen molar-refractivity contribution in [3.8, 4) is 16.3 Å². The Morgan fingerprint density at radius 2 is 2.03 bits per heavy atom. The molecule has 4 aromatic rings. The van der Waals surface area contributed by atoms with Crippen LogP contribution in [0.1, 0.15) is 18.4 Å².